The molecular weight excluding hydrogens is 406 g/mol. The largest absolute Gasteiger partial charge is 0.376 e. The van der Waals surface area contributed by atoms with Crippen LogP contribution in [0, 0.1) is 0 Å². The van der Waals surface area contributed by atoms with E-state index in [0.717, 1.165) is 25.7 Å². The van der Waals surface area contributed by atoms with Crippen molar-refractivity contribution in [3.63, 3.8) is 0 Å². The highest BCUT2D eigenvalue weighted by Gasteiger charge is 2.45. The van der Waals surface area contributed by atoms with Crippen LogP contribution in [0.4, 0.5) is 11.4 Å². The summed E-state index contributed by atoms with van der Waals surface area (Å²) in [5, 5.41) is 6.17. The van der Waals surface area contributed by atoms with E-state index < -0.39 is 15.3 Å². The second-order valence-electron chi connectivity index (χ2n) is 7.40. The predicted octanol–water partition coefficient (Wildman–Crippen LogP) is 5.64. The summed E-state index contributed by atoms with van der Waals surface area (Å²) >= 11 is 0. The summed E-state index contributed by atoms with van der Waals surface area (Å²) in [6, 6.07) is 18.7. The maximum Gasteiger partial charge on any atom is 0.376 e. The van der Waals surface area contributed by atoms with Gasteiger partial charge in [-0.3, -0.25) is 0 Å². The minimum Gasteiger partial charge on any atom is -0.303 e. The quantitative estimate of drug-likeness (QED) is 0.521. The van der Waals surface area contributed by atoms with E-state index in [-0.39, 0.29) is 0 Å². The molecule has 0 aliphatic carbocycles. The van der Waals surface area contributed by atoms with Gasteiger partial charge in [-0.2, -0.15) is 0 Å². The van der Waals surface area contributed by atoms with Gasteiger partial charge in [-0.15, -0.1) is 0 Å². The molecule has 2 aromatic carbocycles. The van der Waals surface area contributed by atoms with Crippen LogP contribution in [-0.2, 0) is 13.4 Å². The van der Waals surface area contributed by atoms with E-state index in [2.05, 4.69) is 10.2 Å². The van der Waals surface area contributed by atoms with Crippen molar-refractivity contribution in [2.75, 3.05) is 36.4 Å². The van der Waals surface area contributed by atoms with Crippen LogP contribution in [0.3, 0.4) is 0 Å². The molecule has 0 aromatic heterocycles. The fraction of sp³-hybridized carbons (Fsp3) is 0.400. The van der Waals surface area contributed by atoms with Crippen LogP contribution >= 0.6 is 15.3 Å². The van der Waals surface area contributed by atoms with Gasteiger partial charge in [0.2, 0.25) is 0 Å². The third-order valence-corrected chi connectivity index (χ3v) is 10.4. The van der Waals surface area contributed by atoms with E-state index in [1.165, 1.54) is 0 Å². The lowest BCUT2D eigenvalue weighted by Crippen LogP contribution is -2.27. The van der Waals surface area contributed by atoms with Gasteiger partial charge >= 0.3 is 15.3 Å². The summed E-state index contributed by atoms with van der Waals surface area (Å²) < 4.78 is 38.0. The maximum atomic E-state index is 14.1. The van der Waals surface area contributed by atoms with Crippen molar-refractivity contribution in [3.8, 4) is 0 Å². The first-order valence-electron chi connectivity index (χ1n) is 10.2. The molecular formula is C20H28N4O3P2. The van der Waals surface area contributed by atoms with Gasteiger partial charge in [-0.05, 0) is 49.9 Å². The van der Waals surface area contributed by atoms with Gasteiger partial charge in [0.25, 0.3) is 0 Å². The zero-order valence-electron chi connectivity index (χ0n) is 16.4. The molecule has 0 bridgehead atoms. The average molecular weight is 434 g/mol. The van der Waals surface area contributed by atoms with Crippen LogP contribution in [0.1, 0.15) is 25.7 Å². The fourth-order valence-corrected chi connectivity index (χ4v) is 8.92. The molecule has 2 heterocycles. The fourth-order valence-electron chi connectivity index (χ4n) is 3.71. The summed E-state index contributed by atoms with van der Waals surface area (Å²) in [7, 11) is -7.17. The number of nitrogens with one attached hydrogen (secondary N) is 2. The highest BCUT2D eigenvalue weighted by atomic mass is 31.3. The lowest BCUT2D eigenvalue weighted by Gasteiger charge is -2.35. The number of anilines is 2. The second kappa shape index (κ2) is 9.03. The number of hydrogen-bond acceptors (Lipinski definition) is 3. The van der Waals surface area contributed by atoms with Crippen molar-refractivity contribution in [1.82, 2.24) is 9.34 Å². The molecule has 2 aromatic rings. The Morgan fingerprint density at radius 2 is 0.966 bits per heavy atom. The number of para-hydroxylation sites is 2. The Morgan fingerprint density at radius 3 is 1.31 bits per heavy atom. The Bertz CT molecular complexity index is 812. The van der Waals surface area contributed by atoms with Gasteiger partial charge < -0.3 is 10.2 Å². The highest BCUT2D eigenvalue weighted by Crippen LogP contribution is 2.67. The van der Waals surface area contributed by atoms with E-state index in [9.17, 15) is 9.13 Å². The molecule has 2 fully saturated rings. The summed E-state index contributed by atoms with van der Waals surface area (Å²) in [5.41, 5.74) is 1.38. The SMILES string of the molecule is O=P(Nc1ccccc1)(OP(=O)(Nc1ccccc1)N1CCCC1)N1CCCC1. The van der Waals surface area contributed by atoms with Crippen molar-refractivity contribution in [3.05, 3.63) is 60.7 Å². The third kappa shape index (κ3) is 4.93. The average Bonchev–Trinajstić information content (AvgIpc) is 3.44. The van der Waals surface area contributed by atoms with Crippen molar-refractivity contribution in [1.29, 1.82) is 0 Å². The number of hydrogen-bond donors (Lipinski definition) is 2. The lowest BCUT2D eigenvalue weighted by atomic mass is 10.3. The van der Waals surface area contributed by atoms with E-state index >= 15 is 0 Å². The molecule has 0 saturated carbocycles. The Balaban J connectivity index is 1.66. The first-order chi connectivity index (χ1) is 14.1. The molecule has 2 aliphatic heterocycles. The Kier molecular flexibility index (Phi) is 6.43. The molecule has 29 heavy (non-hydrogen) atoms. The Morgan fingerprint density at radius 1 is 0.621 bits per heavy atom. The second-order valence-corrected chi connectivity index (χ2v) is 11.7. The summed E-state index contributed by atoms with van der Waals surface area (Å²) in [6.07, 6.45) is 3.79. The molecule has 156 valence electrons. The van der Waals surface area contributed by atoms with Gasteiger partial charge in [0.05, 0.1) is 0 Å². The minimum atomic E-state index is -3.58. The molecule has 0 amide bonds. The normalized spacial score (nSPS) is 22.1. The van der Waals surface area contributed by atoms with Crippen molar-refractivity contribution in [2.24, 2.45) is 0 Å². The Labute approximate surface area is 172 Å². The van der Waals surface area contributed by atoms with Crippen LogP contribution in [0.15, 0.2) is 60.7 Å². The summed E-state index contributed by atoms with van der Waals surface area (Å²) in [5.74, 6) is 0. The first-order valence-corrected chi connectivity index (χ1v) is 13.3. The number of rotatable bonds is 8. The molecule has 2 unspecified atom stereocenters. The standard InChI is InChI=1S/C20H28N4O3P2/c25-28(23-15-7-8-16-23,21-19-11-3-1-4-12-19)27-29(26,24-17-9-10-18-24)22-20-13-5-2-6-14-20/h1-6,11-14H,7-10,15-18H2,(H,21,25)(H,22,26). The van der Waals surface area contributed by atoms with Crippen molar-refractivity contribution in [2.45, 2.75) is 25.7 Å². The van der Waals surface area contributed by atoms with Gasteiger partial charge in [-0.1, -0.05) is 36.4 Å². The molecule has 9 heteroatoms. The van der Waals surface area contributed by atoms with Gasteiger partial charge in [0.1, 0.15) is 0 Å². The zero-order chi connectivity index (χ0) is 20.2. The van der Waals surface area contributed by atoms with Crippen LogP contribution < -0.4 is 10.2 Å². The molecule has 2 aliphatic rings. The van der Waals surface area contributed by atoms with Crippen molar-refractivity contribution < 1.29 is 13.4 Å². The van der Waals surface area contributed by atoms with Crippen molar-refractivity contribution >= 4 is 26.7 Å². The van der Waals surface area contributed by atoms with E-state index in [1.54, 1.807) is 0 Å². The zero-order valence-corrected chi connectivity index (χ0v) is 18.2. The maximum absolute atomic E-state index is 14.1. The van der Waals surface area contributed by atoms with Crippen LogP contribution in [0.5, 0.6) is 0 Å². The van der Waals surface area contributed by atoms with E-state index in [0.29, 0.717) is 37.6 Å². The Hall–Kier alpha value is -1.62. The van der Waals surface area contributed by atoms with Gasteiger partial charge in [0, 0.05) is 37.6 Å². The molecule has 7 nitrogen and oxygen atoms in total. The minimum absolute atomic E-state index is 0.655. The molecule has 2 N–H and O–H groups in total. The third-order valence-electron chi connectivity index (χ3n) is 5.22. The predicted molar refractivity (Wildman–Crippen MR) is 118 cm³/mol. The van der Waals surface area contributed by atoms with Gasteiger partial charge in [0.15, 0.2) is 0 Å². The molecule has 2 atom stereocenters. The summed E-state index contributed by atoms with van der Waals surface area (Å²) in [6.45, 7) is 2.62. The molecule has 0 spiro atoms. The first kappa shape index (κ1) is 20.6. The molecule has 0 radical (unpaired) electrons. The molecule has 4 rings (SSSR count). The van der Waals surface area contributed by atoms with Crippen LogP contribution in [0.25, 0.3) is 0 Å². The van der Waals surface area contributed by atoms with Crippen LogP contribution in [0.2, 0.25) is 0 Å². The topological polar surface area (TPSA) is 73.9 Å². The number of benzene rings is 2. The molecule has 2 saturated heterocycles. The monoisotopic (exact) mass is 434 g/mol. The van der Waals surface area contributed by atoms with Gasteiger partial charge in [-0.25, -0.2) is 22.8 Å². The van der Waals surface area contributed by atoms with E-state index in [1.807, 2.05) is 70.0 Å². The van der Waals surface area contributed by atoms with Crippen LogP contribution in [-0.4, -0.2) is 35.5 Å². The highest BCUT2D eigenvalue weighted by molar-refractivity contribution is 7.71. The summed E-state index contributed by atoms with van der Waals surface area (Å²) in [4.78, 5) is 0. The smallest absolute Gasteiger partial charge is 0.303 e. The lowest BCUT2D eigenvalue weighted by molar-refractivity contribution is 0.355. The van der Waals surface area contributed by atoms with E-state index in [4.69, 9.17) is 4.31 Å². The number of nitrogens with zero attached hydrogens (tertiary/aromatic N) is 2.